The molecule has 5 aliphatic carbocycles. The van der Waals surface area contributed by atoms with E-state index in [0.717, 1.165) is 49.9 Å². The van der Waals surface area contributed by atoms with Crippen LogP contribution in [0.3, 0.4) is 0 Å². The average Bonchev–Trinajstić information content (AvgIpc) is 2.71. The summed E-state index contributed by atoms with van der Waals surface area (Å²) < 4.78 is 0. The van der Waals surface area contributed by atoms with Crippen LogP contribution in [0.2, 0.25) is 0 Å². The second kappa shape index (κ2) is 6.91. The quantitative estimate of drug-likeness (QED) is 0.403. The molecule has 186 valence electrons. The van der Waals surface area contributed by atoms with Crippen molar-refractivity contribution < 1.29 is 9.90 Å². The Balaban J connectivity index is 1.60. The molecule has 4 fully saturated rings. The molecule has 4 saturated carbocycles. The highest BCUT2D eigenvalue weighted by molar-refractivity contribution is 5.76. The van der Waals surface area contributed by atoms with Crippen molar-refractivity contribution in [1.82, 2.24) is 0 Å². The fraction of sp³-hybridized carbons (Fsp3) is 0.903. The van der Waals surface area contributed by atoms with Crippen LogP contribution in [0.15, 0.2) is 11.6 Å². The van der Waals surface area contributed by atoms with Crippen molar-refractivity contribution in [3.8, 4) is 0 Å². The standard InChI is InChI=1S/C31H50O2/c1-20-11-13-28(6)23(27(20,4)5)12-14-30(8)24(28)10-9-21-22-19-26(2,3)15-17-31(22,25(32)33)18-16-29(21,30)7/h9,20,22-24H,10-19H2,1-8H3,(H,32,33)/t20-,22?,23?,24?,28-,29+,30?,31-/m0/s1. The van der Waals surface area contributed by atoms with Crippen LogP contribution in [0.1, 0.15) is 120 Å². The lowest BCUT2D eigenvalue weighted by Crippen LogP contribution is -2.64. The lowest BCUT2D eigenvalue weighted by molar-refractivity contribution is -0.195. The maximum absolute atomic E-state index is 12.8. The van der Waals surface area contributed by atoms with E-state index in [2.05, 4.69) is 61.5 Å². The van der Waals surface area contributed by atoms with Gasteiger partial charge in [0.1, 0.15) is 0 Å². The Hall–Kier alpha value is -0.790. The van der Waals surface area contributed by atoms with Crippen LogP contribution in [0.4, 0.5) is 0 Å². The Morgan fingerprint density at radius 2 is 1.55 bits per heavy atom. The Labute approximate surface area is 203 Å². The summed E-state index contributed by atoms with van der Waals surface area (Å²) in [6.07, 6.45) is 14.1. The van der Waals surface area contributed by atoms with Crippen LogP contribution in [0.5, 0.6) is 0 Å². The molecule has 5 aliphatic rings. The fourth-order valence-corrected chi connectivity index (χ4v) is 10.8. The Bertz CT molecular complexity index is 881. The van der Waals surface area contributed by atoms with Crippen molar-refractivity contribution in [2.24, 2.45) is 56.2 Å². The number of aliphatic carboxylic acids is 1. The minimum atomic E-state index is -0.520. The van der Waals surface area contributed by atoms with Crippen molar-refractivity contribution in [1.29, 1.82) is 0 Å². The number of hydrogen-bond donors (Lipinski definition) is 1. The summed E-state index contributed by atoms with van der Waals surface area (Å²) in [5.41, 5.74) is 2.53. The highest BCUT2D eigenvalue weighted by Crippen LogP contribution is 2.76. The van der Waals surface area contributed by atoms with Crippen molar-refractivity contribution in [3.05, 3.63) is 11.6 Å². The molecule has 5 rings (SSSR count). The molecule has 4 unspecified atom stereocenters. The van der Waals surface area contributed by atoms with Gasteiger partial charge >= 0.3 is 5.97 Å². The van der Waals surface area contributed by atoms with E-state index in [4.69, 9.17) is 0 Å². The molecular weight excluding hydrogens is 404 g/mol. The predicted molar refractivity (Wildman–Crippen MR) is 136 cm³/mol. The van der Waals surface area contributed by atoms with Gasteiger partial charge in [-0.15, -0.1) is 0 Å². The first-order valence-electron chi connectivity index (χ1n) is 14.1. The third kappa shape index (κ3) is 2.88. The van der Waals surface area contributed by atoms with Crippen molar-refractivity contribution >= 4 is 5.97 Å². The first kappa shape index (κ1) is 23.9. The molecule has 2 heteroatoms. The SMILES string of the molecule is C[C@H]1CC[C@@]2(C)C(CCC3(C)C2CC=C2C4CC(C)(C)CC[C@]4(C(=O)O)CC[C@]23C)C1(C)C. The lowest BCUT2D eigenvalue weighted by Gasteiger charge is -2.71. The molecule has 0 aliphatic heterocycles. The Morgan fingerprint density at radius 3 is 2.21 bits per heavy atom. The Morgan fingerprint density at radius 1 is 0.879 bits per heavy atom. The van der Waals surface area contributed by atoms with Crippen LogP contribution in [-0.4, -0.2) is 11.1 Å². The van der Waals surface area contributed by atoms with Crippen LogP contribution in [0.25, 0.3) is 0 Å². The fourth-order valence-electron chi connectivity index (χ4n) is 10.8. The van der Waals surface area contributed by atoms with Gasteiger partial charge in [0.15, 0.2) is 0 Å². The third-order valence-corrected chi connectivity index (χ3v) is 13.6. The number of hydrogen-bond acceptors (Lipinski definition) is 1. The molecule has 0 aromatic rings. The molecule has 0 saturated heterocycles. The van der Waals surface area contributed by atoms with Gasteiger partial charge < -0.3 is 5.11 Å². The van der Waals surface area contributed by atoms with Gasteiger partial charge in [-0.05, 0) is 115 Å². The van der Waals surface area contributed by atoms with E-state index in [1.807, 2.05) is 0 Å². The number of fused-ring (bicyclic) bond motifs is 7. The summed E-state index contributed by atoms with van der Waals surface area (Å²) in [6.45, 7) is 20.2. The van der Waals surface area contributed by atoms with E-state index < -0.39 is 11.4 Å². The van der Waals surface area contributed by atoms with Gasteiger partial charge in [0.2, 0.25) is 0 Å². The topological polar surface area (TPSA) is 37.3 Å². The molecule has 0 bridgehead atoms. The first-order chi connectivity index (χ1) is 15.1. The van der Waals surface area contributed by atoms with Crippen molar-refractivity contribution in [3.63, 3.8) is 0 Å². The van der Waals surface area contributed by atoms with Gasteiger partial charge in [0, 0.05) is 0 Å². The molecule has 0 aromatic heterocycles. The highest BCUT2D eigenvalue weighted by Gasteiger charge is 2.68. The summed E-state index contributed by atoms with van der Waals surface area (Å²) in [4.78, 5) is 12.8. The number of allylic oxidation sites excluding steroid dienone is 2. The van der Waals surface area contributed by atoms with Gasteiger partial charge in [-0.1, -0.05) is 67.0 Å². The van der Waals surface area contributed by atoms with Crippen LogP contribution in [0, 0.1) is 56.2 Å². The second-order valence-electron chi connectivity index (χ2n) is 15.4. The minimum absolute atomic E-state index is 0.147. The number of carboxylic acid groups (broad SMARTS) is 1. The number of carboxylic acids is 1. The summed E-state index contributed by atoms with van der Waals surface area (Å²) >= 11 is 0. The van der Waals surface area contributed by atoms with Gasteiger partial charge in [-0.3, -0.25) is 4.79 Å². The molecule has 0 aromatic carbocycles. The van der Waals surface area contributed by atoms with Crippen molar-refractivity contribution in [2.45, 2.75) is 120 Å². The maximum atomic E-state index is 12.8. The maximum Gasteiger partial charge on any atom is 0.310 e. The molecule has 0 radical (unpaired) electrons. The largest absolute Gasteiger partial charge is 0.481 e. The van der Waals surface area contributed by atoms with E-state index in [-0.39, 0.29) is 22.2 Å². The third-order valence-electron chi connectivity index (χ3n) is 13.6. The van der Waals surface area contributed by atoms with Crippen LogP contribution < -0.4 is 0 Å². The summed E-state index contributed by atoms with van der Waals surface area (Å²) in [7, 11) is 0. The minimum Gasteiger partial charge on any atom is -0.481 e. The summed E-state index contributed by atoms with van der Waals surface area (Å²) in [5.74, 6) is 2.04. The number of carbonyl (C=O) groups is 1. The van der Waals surface area contributed by atoms with Crippen molar-refractivity contribution in [2.75, 3.05) is 0 Å². The molecule has 1 N–H and O–H groups in total. The molecular formula is C31H50O2. The molecule has 8 atom stereocenters. The van der Waals surface area contributed by atoms with E-state index in [9.17, 15) is 9.90 Å². The molecule has 33 heavy (non-hydrogen) atoms. The van der Waals surface area contributed by atoms with Gasteiger partial charge in [0.05, 0.1) is 5.41 Å². The van der Waals surface area contributed by atoms with E-state index in [1.54, 1.807) is 5.57 Å². The summed E-state index contributed by atoms with van der Waals surface area (Å²) in [5, 5.41) is 10.5. The Kier molecular flexibility index (Phi) is 5.01. The van der Waals surface area contributed by atoms with E-state index >= 15 is 0 Å². The zero-order chi connectivity index (χ0) is 24.2. The second-order valence-corrected chi connectivity index (χ2v) is 15.4. The average molecular weight is 455 g/mol. The highest BCUT2D eigenvalue weighted by atomic mass is 16.4. The zero-order valence-corrected chi connectivity index (χ0v) is 22.8. The first-order valence-corrected chi connectivity index (χ1v) is 14.1. The molecule has 2 nitrogen and oxygen atoms in total. The van der Waals surface area contributed by atoms with E-state index in [1.165, 1.54) is 32.1 Å². The van der Waals surface area contributed by atoms with Crippen LogP contribution in [-0.2, 0) is 4.79 Å². The molecule has 0 amide bonds. The lowest BCUT2D eigenvalue weighted by atomic mass is 9.33. The van der Waals surface area contributed by atoms with Gasteiger partial charge in [-0.25, -0.2) is 0 Å². The van der Waals surface area contributed by atoms with Gasteiger partial charge in [0.25, 0.3) is 0 Å². The zero-order valence-electron chi connectivity index (χ0n) is 22.8. The monoisotopic (exact) mass is 454 g/mol. The van der Waals surface area contributed by atoms with Crippen LogP contribution >= 0.6 is 0 Å². The normalized spacial score (nSPS) is 52.4. The predicted octanol–water partition coefficient (Wildman–Crippen LogP) is 8.51. The van der Waals surface area contributed by atoms with E-state index in [0.29, 0.717) is 10.8 Å². The smallest absolute Gasteiger partial charge is 0.310 e. The van der Waals surface area contributed by atoms with Gasteiger partial charge in [-0.2, -0.15) is 0 Å². The molecule has 0 heterocycles. The summed E-state index contributed by atoms with van der Waals surface area (Å²) in [6, 6.07) is 0. The molecule has 0 spiro atoms. The number of rotatable bonds is 1.